The number of hydrogen-bond acceptors (Lipinski definition) is 4. The van der Waals surface area contributed by atoms with Gasteiger partial charge in [-0.05, 0) is 19.1 Å². The lowest BCUT2D eigenvalue weighted by atomic mass is 10.4. The smallest absolute Gasteiger partial charge is 0.253 e. The van der Waals surface area contributed by atoms with Crippen LogP contribution in [0.3, 0.4) is 0 Å². The maximum Gasteiger partial charge on any atom is 0.253 e. The van der Waals surface area contributed by atoms with E-state index in [9.17, 15) is 13.2 Å². The average molecular weight is 228 g/mol. The first-order chi connectivity index (χ1) is 7.02. The van der Waals surface area contributed by atoms with Gasteiger partial charge in [-0.3, -0.25) is 4.79 Å². The van der Waals surface area contributed by atoms with E-state index in [0.717, 1.165) is 0 Å². The molecule has 0 radical (unpaired) electrons. The molecular formula is C9H12N2O3S. The summed E-state index contributed by atoms with van der Waals surface area (Å²) >= 11 is 0. The van der Waals surface area contributed by atoms with Crippen molar-refractivity contribution >= 4 is 15.8 Å². The van der Waals surface area contributed by atoms with Crippen LogP contribution in [0, 0.1) is 0 Å². The van der Waals surface area contributed by atoms with E-state index in [1.165, 1.54) is 19.1 Å². The predicted octanol–water partition coefficient (Wildman–Crippen LogP) is 0.0585. The van der Waals surface area contributed by atoms with Gasteiger partial charge in [0.2, 0.25) is 0 Å². The second kappa shape index (κ2) is 5.01. The summed E-state index contributed by atoms with van der Waals surface area (Å²) in [4.78, 5) is 12.8. The van der Waals surface area contributed by atoms with Gasteiger partial charge in [0.25, 0.3) is 10.0 Å². The van der Waals surface area contributed by atoms with Gasteiger partial charge in [-0.25, -0.2) is 13.8 Å². The molecule has 2 N–H and O–H groups in total. The number of sulfonamides is 1. The van der Waals surface area contributed by atoms with Crippen molar-refractivity contribution in [1.82, 2.24) is 10.3 Å². The molecule has 0 aliphatic rings. The number of hydrogen-bond donors (Lipinski definition) is 2. The van der Waals surface area contributed by atoms with E-state index in [0.29, 0.717) is 0 Å². The Morgan fingerprint density at radius 1 is 1.27 bits per heavy atom. The van der Waals surface area contributed by atoms with Gasteiger partial charge >= 0.3 is 0 Å². The number of Topliss-reactive ketones (excluding diaryl/α,β-unsaturated/α-hetero) is 1. The van der Waals surface area contributed by atoms with Crippen molar-refractivity contribution in [3.8, 4) is 0 Å². The molecule has 0 unspecified atom stereocenters. The van der Waals surface area contributed by atoms with Gasteiger partial charge in [0, 0.05) is 0 Å². The molecular weight excluding hydrogens is 216 g/mol. The summed E-state index contributed by atoms with van der Waals surface area (Å²) in [7, 11) is -3.57. The maximum absolute atomic E-state index is 11.5. The Kier molecular flexibility index (Phi) is 3.96. The summed E-state index contributed by atoms with van der Waals surface area (Å²) < 4.78 is 23.1. The molecule has 6 heteroatoms. The Morgan fingerprint density at radius 3 is 2.40 bits per heavy atom. The van der Waals surface area contributed by atoms with Gasteiger partial charge in [0.1, 0.15) is 5.78 Å². The zero-order chi connectivity index (χ0) is 11.3. The molecule has 5 nitrogen and oxygen atoms in total. The topological polar surface area (TPSA) is 75.3 Å². The number of nitrogens with one attached hydrogen (secondary N) is 2. The van der Waals surface area contributed by atoms with Gasteiger partial charge < -0.3 is 0 Å². The van der Waals surface area contributed by atoms with Crippen LogP contribution in [0.4, 0.5) is 0 Å². The van der Waals surface area contributed by atoms with Gasteiger partial charge in [0.15, 0.2) is 0 Å². The normalized spacial score (nSPS) is 11.3. The largest absolute Gasteiger partial charge is 0.299 e. The van der Waals surface area contributed by atoms with E-state index < -0.39 is 10.0 Å². The fraction of sp³-hybridized carbons (Fsp3) is 0.222. The van der Waals surface area contributed by atoms with Crippen molar-refractivity contribution in [2.75, 3.05) is 6.54 Å². The lowest BCUT2D eigenvalue weighted by Crippen LogP contribution is -2.39. The second-order valence-electron chi connectivity index (χ2n) is 2.97. The quantitative estimate of drug-likeness (QED) is 0.699. The van der Waals surface area contributed by atoms with Crippen LogP contribution in [-0.4, -0.2) is 20.7 Å². The zero-order valence-corrected chi connectivity index (χ0v) is 9.04. The monoisotopic (exact) mass is 228 g/mol. The minimum absolute atomic E-state index is 0.0357. The molecule has 0 aliphatic heterocycles. The third-order valence-corrected chi connectivity index (χ3v) is 2.90. The molecule has 0 bridgehead atoms. The Labute approximate surface area is 88.5 Å². The molecule has 0 saturated heterocycles. The van der Waals surface area contributed by atoms with Crippen molar-refractivity contribution in [3.63, 3.8) is 0 Å². The number of carbonyl (C=O) groups excluding carboxylic acids is 1. The van der Waals surface area contributed by atoms with Gasteiger partial charge in [-0.2, -0.15) is 0 Å². The molecule has 0 heterocycles. The van der Waals surface area contributed by atoms with E-state index in [2.05, 4.69) is 10.3 Å². The van der Waals surface area contributed by atoms with Crippen LogP contribution in [0.2, 0.25) is 0 Å². The van der Waals surface area contributed by atoms with Crippen LogP contribution < -0.4 is 10.3 Å². The highest BCUT2D eigenvalue weighted by atomic mass is 32.2. The van der Waals surface area contributed by atoms with Crippen molar-refractivity contribution < 1.29 is 13.2 Å². The standard InChI is InChI=1S/C9H12N2O3S/c1-8(12)7-10-11-15(13,14)9-5-3-2-4-6-9/h2-6,10-11H,7H2,1H3. The number of hydrazine groups is 1. The highest BCUT2D eigenvalue weighted by molar-refractivity contribution is 7.89. The molecule has 82 valence electrons. The minimum Gasteiger partial charge on any atom is -0.299 e. The Bertz CT molecular complexity index is 428. The molecule has 0 spiro atoms. The number of rotatable bonds is 5. The lowest BCUT2D eigenvalue weighted by molar-refractivity contribution is -0.116. The molecule has 0 atom stereocenters. The number of ketones is 1. The first kappa shape index (κ1) is 11.8. The van der Waals surface area contributed by atoms with Crippen LogP contribution in [0.25, 0.3) is 0 Å². The van der Waals surface area contributed by atoms with Crippen molar-refractivity contribution in [1.29, 1.82) is 0 Å². The summed E-state index contributed by atoms with van der Waals surface area (Å²) in [5.74, 6) is -0.147. The maximum atomic E-state index is 11.5. The fourth-order valence-corrected chi connectivity index (χ4v) is 1.81. The van der Waals surface area contributed by atoms with Crippen LogP contribution >= 0.6 is 0 Å². The lowest BCUT2D eigenvalue weighted by Gasteiger charge is -2.06. The van der Waals surface area contributed by atoms with E-state index >= 15 is 0 Å². The van der Waals surface area contributed by atoms with E-state index in [-0.39, 0.29) is 17.2 Å². The van der Waals surface area contributed by atoms with Gasteiger partial charge in [0.05, 0.1) is 11.4 Å². The van der Waals surface area contributed by atoms with Crippen molar-refractivity contribution in [2.24, 2.45) is 0 Å². The van der Waals surface area contributed by atoms with E-state index in [4.69, 9.17) is 0 Å². The Morgan fingerprint density at radius 2 is 1.87 bits per heavy atom. The number of carbonyl (C=O) groups is 1. The van der Waals surface area contributed by atoms with Gasteiger partial charge in [-0.15, -0.1) is 4.83 Å². The van der Waals surface area contributed by atoms with Crippen LogP contribution in [0.1, 0.15) is 6.92 Å². The minimum atomic E-state index is -3.57. The SMILES string of the molecule is CC(=O)CNNS(=O)(=O)c1ccccc1. The van der Waals surface area contributed by atoms with E-state index in [1.54, 1.807) is 18.2 Å². The third-order valence-electron chi connectivity index (χ3n) is 1.60. The van der Waals surface area contributed by atoms with E-state index in [1.807, 2.05) is 0 Å². The summed E-state index contributed by atoms with van der Waals surface area (Å²) in [6.45, 7) is 1.33. The third kappa shape index (κ3) is 3.78. The second-order valence-corrected chi connectivity index (χ2v) is 4.66. The molecule has 1 rings (SSSR count). The fourth-order valence-electron chi connectivity index (χ4n) is 0.914. The molecule has 0 aromatic heterocycles. The molecule has 1 aromatic carbocycles. The van der Waals surface area contributed by atoms with Crippen LogP contribution in [-0.2, 0) is 14.8 Å². The first-order valence-electron chi connectivity index (χ1n) is 4.31. The highest BCUT2D eigenvalue weighted by Crippen LogP contribution is 2.05. The molecule has 0 fully saturated rings. The molecule has 15 heavy (non-hydrogen) atoms. The molecule has 0 aliphatic carbocycles. The summed E-state index contributed by atoms with van der Waals surface area (Å²) in [6, 6.07) is 7.91. The first-order valence-corrected chi connectivity index (χ1v) is 5.80. The Balaban J connectivity index is 2.65. The Hall–Kier alpha value is -1.24. The summed E-state index contributed by atoms with van der Waals surface area (Å²) in [6.07, 6.45) is 0. The molecule has 0 amide bonds. The van der Waals surface area contributed by atoms with Crippen molar-refractivity contribution in [3.05, 3.63) is 30.3 Å². The number of benzene rings is 1. The summed E-state index contributed by atoms with van der Waals surface area (Å²) in [5.41, 5.74) is 2.34. The summed E-state index contributed by atoms with van der Waals surface area (Å²) in [5, 5.41) is 0. The van der Waals surface area contributed by atoms with Gasteiger partial charge in [-0.1, -0.05) is 18.2 Å². The van der Waals surface area contributed by atoms with Crippen LogP contribution in [0.5, 0.6) is 0 Å². The van der Waals surface area contributed by atoms with Crippen LogP contribution in [0.15, 0.2) is 35.2 Å². The van der Waals surface area contributed by atoms with Crippen molar-refractivity contribution in [2.45, 2.75) is 11.8 Å². The zero-order valence-electron chi connectivity index (χ0n) is 8.23. The molecule has 0 saturated carbocycles. The average Bonchev–Trinajstić information content (AvgIpc) is 2.18. The highest BCUT2D eigenvalue weighted by Gasteiger charge is 2.11. The molecule has 1 aromatic rings. The predicted molar refractivity (Wildman–Crippen MR) is 55.4 cm³/mol.